The first kappa shape index (κ1) is 14.1. The lowest BCUT2D eigenvalue weighted by Gasteiger charge is -2.27. The molecular weight excluding hydrogens is 264 g/mol. The Kier molecular flexibility index (Phi) is 4.23. The highest BCUT2D eigenvalue weighted by Crippen LogP contribution is 2.27. The van der Waals surface area contributed by atoms with E-state index >= 15 is 0 Å². The van der Waals surface area contributed by atoms with E-state index < -0.39 is 0 Å². The number of piperidine rings is 1. The number of nitrogens with zero attached hydrogens (tertiary/aromatic N) is 1. The van der Waals surface area contributed by atoms with Crippen LogP contribution in [0.1, 0.15) is 44.9 Å². The van der Waals surface area contributed by atoms with Crippen LogP contribution in [-0.2, 0) is 9.59 Å². The van der Waals surface area contributed by atoms with Crippen molar-refractivity contribution < 1.29 is 9.59 Å². The number of carbonyl (C=O) groups is 2. The molecule has 2 amide bonds. The van der Waals surface area contributed by atoms with Gasteiger partial charge < -0.3 is 10.2 Å². The first-order valence-electron chi connectivity index (χ1n) is 7.95. The van der Waals surface area contributed by atoms with Crippen LogP contribution in [0.3, 0.4) is 0 Å². The smallest absolute Gasteiger partial charge is 0.227 e. The van der Waals surface area contributed by atoms with Crippen LogP contribution in [0.2, 0.25) is 0 Å². The van der Waals surface area contributed by atoms with Gasteiger partial charge in [0, 0.05) is 30.3 Å². The number of carbonyl (C=O) groups excluding carboxylic acids is 2. The van der Waals surface area contributed by atoms with E-state index in [-0.39, 0.29) is 17.7 Å². The predicted molar refractivity (Wildman–Crippen MR) is 83.2 cm³/mol. The molecule has 0 aromatic heterocycles. The number of anilines is 2. The van der Waals surface area contributed by atoms with Gasteiger partial charge >= 0.3 is 0 Å². The van der Waals surface area contributed by atoms with Crippen molar-refractivity contribution >= 4 is 23.2 Å². The summed E-state index contributed by atoms with van der Waals surface area (Å²) < 4.78 is 0. The van der Waals surface area contributed by atoms with Gasteiger partial charge in [-0.2, -0.15) is 0 Å². The largest absolute Gasteiger partial charge is 0.326 e. The third-order valence-corrected chi connectivity index (χ3v) is 4.47. The lowest BCUT2D eigenvalue weighted by Crippen LogP contribution is -2.35. The minimum atomic E-state index is 0.120. The molecule has 0 radical (unpaired) electrons. The molecule has 2 aliphatic rings. The zero-order valence-corrected chi connectivity index (χ0v) is 12.3. The van der Waals surface area contributed by atoms with E-state index in [0.717, 1.165) is 56.4 Å². The van der Waals surface area contributed by atoms with Crippen LogP contribution >= 0.6 is 0 Å². The Hall–Kier alpha value is -1.84. The number of amides is 2. The SMILES string of the molecule is O=C(Nc1cccc(N2CCCCC2=O)c1)C1CCCC1. The van der Waals surface area contributed by atoms with E-state index in [2.05, 4.69) is 5.32 Å². The fraction of sp³-hybridized carbons (Fsp3) is 0.529. The molecule has 0 spiro atoms. The van der Waals surface area contributed by atoms with Gasteiger partial charge in [0.15, 0.2) is 0 Å². The van der Waals surface area contributed by atoms with E-state index in [4.69, 9.17) is 0 Å². The Balaban J connectivity index is 1.70. The molecular formula is C17H22N2O2. The lowest BCUT2D eigenvalue weighted by molar-refractivity contribution is -0.120. The van der Waals surface area contributed by atoms with Crippen molar-refractivity contribution in [2.75, 3.05) is 16.8 Å². The third-order valence-electron chi connectivity index (χ3n) is 4.47. The van der Waals surface area contributed by atoms with Gasteiger partial charge in [0.25, 0.3) is 0 Å². The molecule has 4 nitrogen and oxygen atoms in total. The Morgan fingerprint density at radius 2 is 1.95 bits per heavy atom. The van der Waals surface area contributed by atoms with Crippen molar-refractivity contribution in [3.05, 3.63) is 24.3 Å². The molecule has 1 aliphatic heterocycles. The van der Waals surface area contributed by atoms with Crippen LogP contribution in [0.4, 0.5) is 11.4 Å². The molecule has 0 bridgehead atoms. The molecule has 1 aliphatic carbocycles. The Labute approximate surface area is 125 Å². The second-order valence-electron chi connectivity index (χ2n) is 6.02. The van der Waals surface area contributed by atoms with Gasteiger partial charge in [0.2, 0.25) is 11.8 Å². The summed E-state index contributed by atoms with van der Waals surface area (Å²) in [4.78, 5) is 26.0. The predicted octanol–water partition coefficient (Wildman–Crippen LogP) is 3.33. The molecule has 3 rings (SSSR count). The van der Waals surface area contributed by atoms with Gasteiger partial charge in [-0.05, 0) is 43.9 Å². The molecule has 1 N–H and O–H groups in total. The highest BCUT2D eigenvalue weighted by molar-refractivity contribution is 5.96. The number of hydrogen-bond donors (Lipinski definition) is 1. The van der Waals surface area contributed by atoms with Gasteiger partial charge in [-0.3, -0.25) is 9.59 Å². The maximum Gasteiger partial charge on any atom is 0.227 e. The Morgan fingerprint density at radius 1 is 1.14 bits per heavy atom. The van der Waals surface area contributed by atoms with Gasteiger partial charge in [-0.1, -0.05) is 18.9 Å². The van der Waals surface area contributed by atoms with E-state index in [1.165, 1.54) is 0 Å². The van der Waals surface area contributed by atoms with E-state index in [0.29, 0.717) is 6.42 Å². The summed E-state index contributed by atoms with van der Waals surface area (Å²) >= 11 is 0. The molecule has 2 fully saturated rings. The number of nitrogens with one attached hydrogen (secondary N) is 1. The monoisotopic (exact) mass is 286 g/mol. The molecule has 1 aromatic rings. The summed E-state index contributed by atoms with van der Waals surface area (Å²) in [6.07, 6.45) is 6.95. The zero-order chi connectivity index (χ0) is 14.7. The second-order valence-corrected chi connectivity index (χ2v) is 6.02. The van der Waals surface area contributed by atoms with Crippen LogP contribution in [0.25, 0.3) is 0 Å². The van der Waals surface area contributed by atoms with Crippen LogP contribution < -0.4 is 10.2 Å². The van der Waals surface area contributed by atoms with E-state index in [1.54, 1.807) is 0 Å². The normalized spacial score (nSPS) is 19.8. The molecule has 0 unspecified atom stereocenters. The fourth-order valence-corrected chi connectivity index (χ4v) is 3.26. The number of hydrogen-bond acceptors (Lipinski definition) is 2. The lowest BCUT2D eigenvalue weighted by atomic mass is 10.1. The maximum absolute atomic E-state index is 12.2. The van der Waals surface area contributed by atoms with E-state index in [9.17, 15) is 9.59 Å². The first-order valence-corrected chi connectivity index (χ1v) is 7.95. The summed E-state index contributed by atoms with van der Waals surface area (Å²) in [6.45, 7) is 0.777. The topological polar surface area (TPSA) is 49.4 Å². The van der Waals surface area contributed by atoms with Crippen LogP contribution in [0, 0.1) is 5.92 Å². The summed E-state index contributed by atoms with van der Waals surface area (Å²) in [5.41, 5.74) is 1.69. The molecule has 1 aromatic carbocycles. The van der Waals surface area contributed by atoms with Crippen molar-refractivity contribution in [3.63, 3.8) is 0 Å². The standard InChI is InChI=1S/C17H22N2O2/c20-16-10-3-4-11-19(16)15-9-5-8-14(12-15)18-17(21)13-6-1-2-7-13/h5,8-9,12-13H,1-4,6-7,10-11H2,(H,18,21). The first-order chi connectivity index (χ1) is 10.2. The zero-order valence-electron chi connectivity index (χ0n) is 12.3. The average Bonchev–Trinajstić information content (AvgIpc) is 3.02. The second kappa shape index (κ2) is 6.29. The minimum Gasteiger partial charge on any atom is -0.326 e. The molecule has 4 heteroatoms. The molecule has 112 valence electrons. The van der Waals surface area contributed by atoms with Gasteiger partial charge in [0.05, 0.1) is 0 Å². The summed E-state index contributed by atoms with van der Waals surface area (Å²) in [7, 11) is 0. The number of rotatable bonds is 3. The fourth-order valence-electron chi connectivity index (χ4n) is 3.26. The van der Waals surface area contributed by atoms with Crippen molar-refractivity contribution in [3.8, 4) is 0 Å². The Bertz CT molecular complexity index is 535. The highest BCUT2D eigenvalue weighted by atomic mass is 16.2. The minimum absolute atomic E-state index is 0.120. The summed E-state index contributed by atoms with van der Waals surface area (Å²) in [5, 5.41) is 3.00. The van der Waals surface area contributed by atoms with Gasteiger partial charge in [-0.15, -0.1) is 0 Å². The molecule has 0 atom stereocenters. The van der Waals surface area contributed by atoms with Crippen LogP contribution in [0.5, 0.6) is 0 Å². The van der Waals surface area contributed by atoms with Crippen molar-refractivity contribution in [2.24, 2.45) is 5.92 Å². The van der Waals surface area contributed by atoms with Crippen LogP contribution in [0.15, 0.2) is 24.3 Å². The number of benzene rings is 1. The third kappa shape index (κ3) is 3.26. The van der Waals surface area contributed by atoms with Gasteiger partial charge in [-0.25, -0.2) is 0 Å². The summed E-state index contributed by atoms with van der Waals surface area (Å²) in [6, 6.07) is 7.65. The van der Waals surface area contributed by atoms with Crippen LogP contribution in [-0.4, -0.2) is 18.4 Å². The molecule has 1 heterocycles. The molecule has 1 saturated heterocycles. The summed E-state index contributed by atoms with van der Waals surface area (Å²) in [5.74, 6) is 0.459. The van der Waals surface area contributed by atoms with Gasteiger partial charge in [0.1, 0.15) is 0 Å². The van der Waals surface area contributed by atoms with Crippen molar-refractivity contribution in [2.45, 2.75) is 44.9 Å². The Morgan fingerprint density at radius 3 is 2.71 bits per heavy atom. The van der Waals surface area contributed by atoms with Crippen molar-refractivity contribution in [1.82, 2.24) is 0 Å². The highest BCUT2D eigenvalue weighted by Gasteiger charge is 2.23. The molecule has 21 heavy (non-hydrogen) atoms. The van der Waals surface area contributed by atoms with E-state index in [1.807, 2.05) is 29.2 Å². The maximum atomic E-state index is 12.2. The van der Waals surface area contributed by atoms with Crippen molar-refractivity contribution in [1.29, 1.82) is 0 Å². The average molecular weight is 286 g/mol. The quantitative estimate of drug-likeness (QED) is 0.926. The molecule has 1 saturated carbocycles.